The zero-order chi connectivity index (χ0) is 16.9. The van der Waals surface area contributed by atoms with Gasteiger partial charge in [0.25, 0.3) is 5.91 Å². The summed E-state index contributed by atoms with van der Waals surface area (Å²) in [6.07, 6.45) is 3.93. The van der Waals surface area contributed by atoms with Crippen LogP contribution in [0.15, 0.2) is 30.3 Å². The average Bonchev–Trinajstić information content (AvgIpc) is 3.30. The highest BCUT2D eigenvalue weighted by atomic mass is 16.5. The van der Waals surface area contributed by atoms with Gasteiger partial charge in [-0.2, -0.15) is 5.10 Å². The normalized spacial score (nSPS) is 16.1. The first-order valence-electron chi connectivity index (χ1n) is 8.34. The summed E-state index contributed by atoms with van der Waals surface area (Å²) in [5.41, 5.74) is 1.84. The second kappa shape index (κ2) is 7.49. The quantitative estimate of drug-likeness (QED) is 0.759. The number of carbonyl (C=O) groups is 1. The van der Waals surface area contributed by atoms with Gasteiger partial charge in [-0.25, -0.2) is 0 Å². The Balaban J connectivity index is 1.63. The molecule has 1 saturated carbocycles. The Kier molecular flexibility index (Phi) is 5.15. The highest BCUT2D eigenvalue weighted by Gasteiger charge is 2.23. The van der Waals surface area contributed by atoms with Crippen molar-refractivity contribution in [3.8, 4) is 17.0 Å². The molecule has 1 aliphatic rings. The fraction of sp³-hybridized carbons (Fsp3) is 0.444. The Hall–Kier alpha value is -2.34. The van der Waals surface area contributed by atoms with Gasteiger partial charge < -0.3 is 15.2 Å². The highest BCUT2D eigenvalue weighted by molar-refractivity contribution is 5.93. The summed E-state index contributed by atoms with van der Waals surface area (Å²) in [5.74, 6) is 0.740. The minimum atomic E-state index is -0.479. The molecule has 3 N–H and O–H groups in total. The number of hydrogen-bond donors (Lipinski definition) is 3. The van der Waals surface area contributed by atoms with E-state index in [2.05, 4.69) is 15.5 Å². The standard InChI is InChI=1S/C18H23N3O3/c1-24-17-9-5-4-8-13(17)14-10-15(21-20-14)18(23)19-11-16(22)12-6-2-3-7-12/h4-5,8-10,12,16,22H,2-3,6-7,11H2,1H3,(H,19,23)(H,20,21). The molecule has 1 fully saturated rings. The molecule has 1 heterocycles. The van der Waals surface area contributed by atoms with Crippen molar-refractivity contribution < 1.29 is 14.6 Å². The number of methoxy groups -OCH3 is 1. The highest BCUT2D eigenvalue weighted by Crippen LogP contribution is 2.29. The zero-order valence-corrected chi connectivity index (χ0v) is 13.8. The van der Waals surface area contributed by atoms with Crippen molar-refractivity contribution in [2.75, 3.05) is 13.7 Å². The van der Waals surface area contributed by atoms with Crippen molar-refractivity contribution in [2.45, 2.75) is 31.8 Å². The number of carbonyl (C=O) groups excluding carboxylic acids is 1. The maximum Gasteiger partial charge on any atom is 0.269 e. The lowest BCUT2D eigenvalue weighted by Crippen LogP contribution is -2.35. The van der Waals surface area contributed by atoms with Gasteiger partial charge in [-0.3, -0.25) is 9.89 Å². The number of hydrogen-bond acceptors (Lipinski definition) is 4. The van der Waals surface area contributed by atoms with Gasteiger partial charge in [-0.05, 0) is 37.0 Å². The van der Waals surface area contributed by atoms with Gasteiger partial charge in [-0.1, -0.05) is 25.0 Å². The van der Waals surface area contributed by atoms with Crippen LogP contribution in [-0.4, -0.2) is 41.0 Å². The number of nitrogens with zero attached hydrogens (tertiary/aromatic N) is 1. The second-order valence-electron chi connectivity index (χ2n) is 6.19. The number of aromatic nitrogens is 2. The minimum Gasteiger partial charge on any atom is -0.496 e. The number of aliphatic hydroxyl groups excluding tert-OH is 1. The van der Waals surface area contributed by atoms with Crippen LogP contribution in [-0.2, 0) is 0 Å². The van der Waals surface area contributed by atoms with Crippen molar-refractivity contribution in [2.24, 2.45) is 5.92 Å². The summed E-state index contributed by atoms with van der Waals surface area (Å²) in [5, 5.41) is 19.9. The molecule has 0 bridgehead atoms. The lowest BCUT2D eigenvalue weighted by Gasteiger charge is -2.17. The van der Waals surface area contributed by atoms with E-state index in [1.165, 1.54) is 12.8 Å². The Morgan fingerprint density at radius 3 is 2.92 bits per heavy atom. The molecule has 24 heavy (non-hydrogen) atoms. The van der Waals surface area contributed by atoms with Crippen LogP contribution in [0.4, 0.5) is 0 Å². The number of aliphatic hydroxyl groups is 1. The molecule has 0 aliphatic heterocycles. The SMILES string of the molecule is COc1ccccc1-c1cc(C(=O)NCC(O)C2CCCC2)[nH]n1. The van der Waals surface area contributed by atoms with Gasteiger partial charge >= 0.3 is 0 Å². The zero-order valence-electron chi connectivity index (χ0n) is 13.8. The minimum absolute atomic E-state index is 0.263. The molecule has 1 aromatic carbocycles. The third-order valence-electron chi connectivity index (χ3n) is 4.62. The summed E-state index contributed by atoms with van der Waals surface area (Å²) in [6, 6.07) is 9.20. The van der Waals surface area contributed by atoms with Crippen LogP contribution >= 0.6 is 0 Å². The molecule has 1 atom stereocenters. The Morgan fingerprint density at radius 1 is 1.42 bits per heavy atom. The van der Waals surface area contributed by atoms with E-state index in [0.29, 0.717) is 23.1 Å². The molecule has 0 saturated heterocycles. The smallest absolute Gasteiger partial charge is 0.269 e. The summed E-state index contributed by atoms with van der Waals surface area (Å²) in [7, 11) is 1.60. The molecule has 2 aromatic rings. The van der Waals surface area contributed by atoms with E-state index < -0.39 is 6.10 Å². The summed E-state index contributed by atoms with van der Waals surface area (Å²) < 4.78 is 5.32. The van der Waals surface area contributed by atoms with E-state index in [9.17, 15) is 9.90 Å². The van der Waals surface area contributed by atoms with Gasteiger partial charge in [0.1, 0.15) is 11.4 Å². The van der Waals surface area contributed by atoms with Gasteiger partial charge in [0, 0.05) is 12.1 Å². The van der Waals surface area contributed by atoms with Crippen LogP contribution < -0.4 is 10.1 Å². The number of amides is 1. The molecular formula is C18H23N3O3. The molecule has 1 aromatic heterocycles. The van der Waals surface area contributed by atoms with Crippen LogP contribution in [0.1, 0.15) is 36.2 Å². The maximum atomic E-state index is 12.2. The largest absolute Gasteiger partial charge is 0.496 e. The van der Waals surface area contributed by atoms with Crippen molar-refractivity contribution >= 4 is 5.91 Å². The molecular weight excluding hydrogens is 306 g/mol. The van der Waals surface area contributed by atoms with E-state index in [-0.39, 0.29) is 12.5 Å². The van der Waals surface area contributed by atoms with Crippen molar-refractivity contribution in [1.29, 1.82) is 0 Å². The van der Waals surface area contributed by atoms with E-state index in [1.807, 2.05) is 24.3 Å². The van der Waals surface area contributed by atoms with Gasteiger partial charge in [0.2, 0.25) is 0 Å². The number of para-hydroxylation sites is 1. The third-order valence-corrected chi connectivity index (χ3v) is 4.62. The fourth-order valence-corrected chi connectivity index (χ4v) is 3.23. The first-order chi connectivity index (χ1) is 11.7. The first-order valence-corrected chi connectivity index (χ1v) is 8.34. The molecule has 6 nitrogen and oxygen atoms in total. The molecule has 3 rings (SSSR count). The lowest BCUT2D eigenvalue weighted by molar-refractivity contribution is 0.0836. The van der Waals surface area contributed by atoms with Crippen molar-refractivity contribution in [1.82, 2.24) is 15.5 Å². The van der Waals surface area contributed by atoms with Crippen LogP contribution in [0, 0.1) is 5.92 Å². The van der Waals surface area contributed by atoms with Crippen LogP contribution in [0.25, 0.3) is 11.3 Å². The number of aromatic amines is 1. The monoisotopic (exact) mass is 329 g/mol. The van der Waals surface area contributed by atoms with Crippen molar-refractivity contribution in [3.63, 3.8) is 0 Å². The topological polar surface area (TPSA) is 87.2 Å². The summed E-state index contributed by atoms with van der Waals surface area (Å²) >= 11 is 0. The van der Waals surface area contributed by atoms with Crippen LogP contribution in [0.5, 0.6) is 5.75 Å². The van der Waals surface area contributed by atoms with E-state index in [1.54, 1.807) is 13.2 Å². The van der Waals surface area contributed by atoms with Gasteiger partial charge in [0.05, 0.1) is 18.9 Å². The molecule has 6 heteroatoms. The number of ether oxygens (including phenoxy) is 1. The van der Waals surface area contributed by atoms with Crippen molar-refractivity contribution in [3.05, 3.63) is 36.0 Å². The summed E-state index contributed by atoms with van der Waals surface area (Å²) in [4.78, 5) is 12.2. The second-order valence-corrected chi connectivity index (χ2v) is 6.19. The Labute approximate surface area is 141 Å². The van der Waals surface area contributed by atoms with Crippen LogP contribution in [0.2, 0.25) is 0 Å². The Morgan fingerprint density at radius 2 is 2.17 bits per heavy atom. The van der Waals surface area contributed by atoms with E-state index in [0.717, 1.165) is 18.4 Å². The number of rotatable bonds is 6. The van der Waals surface area contributed by atoms with Crippen LogP contribution in [0.3, 0.4) is 0 Å². The average molecular weight is 329 g/mol. The van der Waals surface area contributed by atoms with Gasteiger partial charge in [-0.15, -0.1) is 0 Å². The molecule has 1 unspecified atom stereocenters. The number of benzene rings is 1. The Bertz CT molecular complexity index is 692. The first kappa shape index (κ1) is 16.5. The third kappa shape index (κ3) is 3.59. The van der Waals surface area contributed by atoms with E-state index in [4.69, 9.17) is 4.74 Å². The molecule has 0 spiro atoms. The molecule has 128 valence electrons. The number of nitrogens with one attached hydrogen (secondary N) is 2. The fourth-order valence-electron chi connectivity index (χ4n) is 3.23. The predicted molar refractivity (Wildman–Crippen MR) is 90.9 cm³/mol. The lowest BCUT2D eigenvalue weighted by atomic mass is 10.0. The van der Waals surface area contributed by atoms with Gasteiger partial charge in [0.15, 0.2) is 0 Å². The molecule has 1 amide bonds. The number of H-pyrrole nitrogens is 1. The maximum absolute atomic E-state index is 12.2. The molecule has 1 aliphatic carbocycles. The molecule has 0 radical (unpaired) electrons. The predicted octanol–water partition coefficient (Wildman–Crippen LogP) is 2.37. The van der Waals surface area contributed by atoms with E-state index >= 15 is 0 Å². The summed E-state index contributed by atoms with van der Waals surface area (Å²) in [6.45, 7) is 0.270.